The van der Waals surface area contributed by atoms with Crippen LogP contribution in [0.3, 0.4) is 0 Å². The van der Waals surface area contributed by atoms with E-state index in [0.29, 0.717) is 16.9 Å². The van der Waals surface area contributed by atoms with Crippen molar-refractivity contribution in [3.63, 3.8) is 0 Å². The van der Waals surface area contributed by atoms with Crippen molar-refractivity contribution < 1.29 is 17.9 Å². The fourth-order valence-electron chi connectivity index (χ4n) is 5.12. The molecule has 2 unspecified atom stereocenters. The number of aryl methyl sites for hydroxylation is 1. The molecule has 2 atom stereocenters. The maximum absolute atomic E-state index is 13.6. The average molecular weight is 616 g/mol. The number of nitrogens with one attached hydrogen (secondary N) is 2. The number of amides is 1. The third-order valence-electron chi connectivity index (χ3n) is 7.55. The smallest absolute Gasteiger partial charge is 0.255 e. The van der Waals surface area contributed by atoms with Crippen molar-refractivity contribution in [3.05, 3.63) is 89.2 Å². The molecule has 1 aliphatic rings. The summed E-state index contributed by atoms with van der Waals surface area (Å²) in [5.74, 6) is -0.244. The molecule has 0 spiro atoms. The number of aromatic nitrogens is 3. The summed E-state index contributed by atoms with van der Waals surface area (Å²) in [6.07, 6.45) is 4.82. The van der Waals surface area contributed by atoms with Gasteiger partial charge in [0.15, 0.2) is 5.75 Å². The zero-order valence-electron chi connectivity index (χ0n) is 25.9. The van der Waals surface area contributed by atoms with Gasteiger partial charge in [-0.05, 0) is 66.8 Å². The van der Waals surface area contributed by atoms with Gasteiger partial charge in [-0.1, -0.05) is 50.3 Å². The molecule has 1 aromatic heterocycles. The van der Waals surface area contributed by atoms with E-state index in [1.165, 1.54) is 7.11 Å². The minimum Gasteiger partial charge on any atom is -0.492 e. The summed E-state index contributed by atoms with van der Waals surface area (Å²) in [5.41, 5.74) is 4.84. The van der Waals surface area contributed by atoms with E-state index >= 15 is 0 Å². The quantitative estimate of drug-likeness (QED) is 0.268. The summed E-state index contributed by atoms with van der Waals surface area (Å²) in [6, 6.07) is 18.9. The van der Waals surface area contributed by atoms with Crippen LogP contribution in [-0.4, -0.2) is 54.9 Å². The average Bonchev–Trinajstić information content (AvgIpc) is 3.59. The summed E-state index contributed by atoms with van der Waals surface area (Å²) in [4.78, 5) is 13.6. The standard InChI is InChI=1S/C32H37N7O4S/c1-20-13-14-22(31(40)34-26-16-23(32(3,4)5)17-27(30(26)43-6)36-44(7,41)42)15-29(20)38-19-28(35-37-38)25-18-33-39(21(25)2)24-11-9-8-10-12-24/h8-19,21,25,36H,1-7H3,(H,34,40). The summed E-state index contributed by atoms with van der Waals surface area (Å²) in [7, 11) is -2.18. The first-order valence-corrected chi connectivity index (χ1v) is 16.1. The number of sulfonamides is 1. The summed E-state index contributed by atoms with van der Waals surface area (Å²) < 4.78 is 33.9. The number of para-hydroxylation sites is 1. The van der Waals surface area contributed by atoms with E-state index in [0.717, 1.165) is 28.8 Å². The van der Waals surface area contributed by atoms with Crippen LogP contribution in [0, 0.1) is 6.92 Å². The number of carbonyl (C=O) groups is 1. The Morgan fingerprint density at radius 2 is 1.73 bits per heavy atom. The minimum absolute atomic E-state index is 0.0432. The molecule has 230 valence electrons. The Labute approximate surface area is 258 Å². The van der Waals surface area contributed by atoms with E-state index in [9.17, 15) is 13.2 Å². The molecular weight excluding hydrogens is 578 g/mol. The van der Waals surface area contributed by atoms with Crippen molar-refractivity contribution in [2.24, 2.45) is 5.10 Å². The van der Waals surface area contributed by atoms with Crippen LogP contribution in [0.15, 0.2) is 72.0 Å². The normalized spacial score (nSPS) is 16.7. The Bertz CT molecular complexity index is 1830. The highest BCUT2D eigenvalue weighted by atomic mass is 32.2. The van der Waals surface area contributed by atoms with Gasteiger partial charge in [0.25, 0.3) is 5.91 Å². The van der Waals surface area contributed by atoms with Gasteiger partial charge in [0.2, 0.25) is 10.0 Å². The van der Waals surface area contributed by atoms with Crippen molar-refractivity contribution in [1.29, 1.82) is 0 Å². The Morgan fingerprint density at radius 1 is 1.02 bits per heavy atom. The van der Waals surface area contributed by atoms with E-state index in [2.05, 4.69) is 32.4 Å². The first-order chi connectivity index (χ1) is 20.7. The molecule has 1 amide bonds. The third kappa shape index (κ3) is 6.45. The zero-order chi connectivity index (χ0) is 31.8. The number of ether oxygens (including phenoxy) is 1. The number of methoxy groups -OCH3 is 1. The van der Waals surface area contributed by atoms with Crippen LogP contribution < -0.4 is 19.8 Å². The van der Waals surface area contributed by atoms with Crippen LogP contribution in [-0.2, 0) is 15.4 Å². The Kier molecular flexibility index (Phi) is 8.21. The van der Waals surface area contributed by atoms with E-state index < -0.39 is 15.9 Å². The number of rotatable bonds is 8. The number of hydrogen-bond donors (Lipinski definition) is 2. The van der Waals surface area contributed by atoms with Crippen LogP contribution in [0.5, 0.6) is 5.75 Å². The first kappa shape index (κ1) is 30.7. The maximum Gasteiger partial charge on any atom is 0.255 e. The molecule has 12 heteroatoms. The first-order valence-electron chi connectivity index (χ1n) is 14.2. The number of hydrogen-bond acceptors (Lipinski definition) is 8. The lowest BCUT2D eigenvalue weighted by Gasteiger charge is -2.24. The van der Waals surface area contributed by atoms with E-state index in [1.54, 1.807) is 28.9 Å². The van der Waals surface area contributed by atoms with Crippen LogP contribution >= 0.6 is 0 Å². The highest BCUT2D eigenvalue weighted by Crippen LogP contribution is 2.39. The second kappa shape index (κ2) is 11.8. The lowest BCUT2D eigenvalue weighted by Crippen LogP contribution is -2.28. The number of benzene rings is 3. The highest BCUT2D eigenvalue weighted by Gasteiger charge is 2.31. The number of anilines is 3. The van der Waals surface area contributed by atoms with Gasteiger partial charge >= 0.3 is 0 Å². The molecule has 0 saturated carbocycles. The molecule has 2 N–H and O–H groups in total. The Hall–Kier alpha value is -4.71. The number of carbonyl (C=O) groups excluding carboxylic acids is 1. The molecule has 0 bridgehead atoms. The Morgan fingerprint density at radius 3 is 2.39 bits per heavy atom. The lowest BCUT2D eigenvalue weighted by atomic mass is 9.86. The van der Waals surface area contributed by atoms with Crippen LogP contribution in [0.1, 0.15) is 60.8 Å². The van der Waals surface area contributed by atoms with Crippen molar-refractivity contribution in [2.75, 3.05) is 28.4 Å². The van der Waals surface area contributed by atoms with Gasteiger partial charge in [0, 0.05) is 11.8 Å². The van der Waals surface area contributed by atoms with Crippen molar-refractivity contribution in [2.45, 2.75) is 52.0 Å². The highest BCUT2D eigenvalue weighted by molar-refractivity contribution is 7.92. The van der Waals surface area contributed by atoms with Crippen LogP contribution in [0.4, 0.5) is 17.1 Å². The second-order valence-electron chi connectivity index (χ2n) is 12.0. The van der Waals surface area contributed by atoms with Gasteiger partial charge in [-0.25, -0.2) is 13.1 Å². The third-order valence-corrected chi connectivity index (χ3v) is 8.14. The monoisotopic (exact) mass is 615 g/mol. The lowest BCUT2D eigenvalue weighted by molar-refractivity contribution is 0.102. The predicted octanol–water partition coefficient (Wildman–Crippen LogP) is 5.48. The summed E-state index contributed by atoms with van der Waals surface area (Å²) in [5, 5.41) is 18.4. The topological polar surface area (TPSA) is 131 Å². The molecule has 0 saturated heterocycles. The number of nitrogens with zero attached hydrogens (tertiary/aromatic N) is 5. The molecule has 3 aromatic carbocycles. The molecule has 4 aromatic rings. The molecule has 5 rings (SSSR count). The van der Waals surface area contributed by atoms with Crippen molar-refractivity contribution in [1.82, 2.24) is 15.0 Å². The van der Waals surface area contributed by atoms with Gasteiger partial charge in [-0.2, -0.15) is 5.10 Å². The molecule has 0 fully saturated rings. The predicted molar refractivity (Wildman–Crippen MR) is 174 cm³/mol. The summed E-state index contributed by atoms with van der Waals surface area (Å²) in [6.45, 7) is 10.0. The van der Waals surface area contributed by atoms with Crippen LogP contribution in [0.2, 0.25) is 0 Å². The molecular formula is C32H37N7O4S. The summed E-state index contributed by atoms with van der Waals surface area (Å²) >= 11 is 0. The fourth-order valence-corrected chi connectivity index (χ4v) is 5.67. The molecule has 2 heterocycles. The van der Waals surface area contributed by atoms with Gasteiger partial charge in [-0.3, -0.25) is 14.5 Å². The van der Waals surface area contributed by atoms with Crippen molar-refractivity contribution in [3.8, 4) is 11.4 Å². The molecule has 1 aliphatic heterocycles. The SMILES string of the molecule is COc1c(NC(=O)c2ccc(C)c(-n3cc(C4C=NN(c5ccccc5)C4C)nn3)c2)cc(C(C)(C)C)cc1NS(C)(=O)=O. The second-order valence-corrected chi connectivity index (χ2v) is 13.7. The largest absolute Gasteiger partial charge is 0.492 e. The maximum atomic E-state index is 13.6. The van der Waals surface area contributed by atoms with Gasteiger partial charge in [0.05, 0.1) is 60.0 Å². The minimum atomic E-state index is -3.60. The molecule has 11 nitrogen and oxygen atoms in total. The molecule has 44 heavy (non-hydrogen) atoms. The molecule has 0 radical (unpaired) electrons. The van der Waals surface area contributed by atoms with E-state index in [1.807, 2.05) is 81.5 Å². The van der Waals surface area contributed by atoms with Gasteiger partial charge in [-0.15, -0.1) is 5.10 Å². The number of hydrazone groups is 1. The zero-order valence-corrected chi connectivity index (χ0v) is 26.7. The van der Waals surface area contributed by atoms with E-state index in [-0.39, 0.29) is 28.8 Å². The molecule has 0 aliphatic carbocycles. The van der Waals surface area contributed by atoms with Gasteiger partial charge in [0.1, 0.15) is 0 Å². The van der Waals surface area contributed by atoms with Crippen molar-refractivity contribution >= 4 is 39.2 Å². The van der Waals surface area contributed by atoms with E-state index in [4.69, 9.17) is 4.74 Å². The van der Waals surface area contributed by atoms with Crippen LogP contribution in [0.25, 0.3) is 5.69 Å². The Balaban J connectivity index is 1.42. The van der Waals surface area contributed by atoms with Gasteiger partial charge < -0.3 is 10.1 Å². The fraction of sp³-hybridized carbons (Fsp3) is 0.312.